The highest BCUT2D eigenvalue weighted by molar-refractivity contribution is 5.91. The first-order valence-corrected chi connectivity index (χ1v) is 7.34. The zero-order valence-corrected chi connectivity index (χ0v) is 13.4. The molecule has 1 amide bonds. The zero-order chi connectivity index (χ0) is 16.9. The summed E-state index contributed by atoms with van der Waals surface area (Å²) in [5.41, 5.74) is 0.834. The van der Waals surface area contributed by atoms with Crippen LogP contribution in [-0.2, 0) is 9.53 Å². The van der Waals surface area contributed by atoms with Crippen molar-refractivity contribution in [2.45, 2.75) is 32.7 Å². The second kappa shape index (κ2) is 7.04. The molecule has 2 rings (SSSR count). The molecule has 0 aliphatic heterocycles. The molecule has 0 atom stereocenters. The molecule has 0 aliphatic rings. The molecule has 1 aromatic heterocycles. The molecule has 1 aromatic carbocycles. The number of ether oxygens (including phenoxy) is 1. The van der Waals surface area contributed by atoms with Crippen LogP contribution in [0.4, 0.5) is 0 Å². The molecule has 1 heterocycles. The number of hydrogen-bond donors (Lipinski definition) is 1. The van der Waals surface area contributed by atoms with Gasteiger partial charge in [-0.05, 0) is 44.5 Å². The number of aromatic nitrogens is 3. The van der Waals surface area contributed by atoms with E-state index in [1.54, 1.807) is 35.3 Å². The van der Waals surface area contributed by atoms with E-state index in [1.165, 1.54) is 6.33 Å². The molecule has 2 aromatic rings. The maximum Gasteiger partial charge on any atom is 0.338 e. The Bertz CT molecular complexity index is 663. The average Bonchev–Trinajstić information content (AvgIpc) is 3.07. The van der Waals surface area contributed by atoms with Gasteiger partial charge in [0.1, 0.15) is 12.7 Å². The van der Waals surface area contributed by atoms with Gasteiger partial charge in [0.25, 0.3) is 5.91 Å². The van der Waals surface area contributed by atoms with Gasteiger partial charge >= 0.3 is 5.97 Å². The van der Waals surface area contributed by atoms with Crippen molar-refractivity contribution in [2.24, 2.45) is 0 Å². The van der Waals surface area contributed by atoms with E-state index >= 15 is 0 Å². The van der Waals surface area contributed by atoms with Crippen LogP contribution in [0.15, 0.2) is 36.9 Å². The SMILES string of the molecule is CCC(C)(C)NC(=O)COC(=O)c1ccc(-n2cncn2)cc1. The summed E-state index contributed by atoms with van der Waals surface area (Å²) in [5, 5.41) is 6.80. The Hall–Kier alpha value is -2.70. The molecule has 1 N–H and O–H groups in total. The van der Waals surface area contributed by atoms with Crippen LogP contribution < -0.4 is 5.32 Å². The highest BCUT2D eigenvalue weighted by Gasteiger charge is 2.19. The van der Waals surface area contributed by atoms with Crippen molar-refractivity contribution in [1.29, 1.82) is 0 Å². The Balaban J connectivity index is 1.90. The number of amides is 1. The van der Waals surface area contributed by atoms with Crippen molar-refractivity contribution in [3.05, 3.63) is 42.5 Å². The molecule has 0 radical (unpaired) electrons. The van der Waals surface area contributed by atoms with Crippen molar-refractivity contribution in [2.75, 3.05) is 6.61 Å². The number of esters is 1. The standard InChI is InChI=1S/C16H20N4O3/c1-4-16(2,3)19-14(21)9-23-15(22)12-5-7-13(8-6-12)20-11-17-10-18-20/h5-8,10-11H,4,9H2,1-3H3,(H,19,21). The van der Waals surface area contributed by atoms with Crippen molar-refractivity contribution < 1.29 is 14.3 Å². The van der Waals surface area contributed by atoms with Gasteiger partial charge in [0.2, 0.25) is 0 Å². The zero-order valence-electron chi connectivity index (χ0n) is 13.4. The molecule has 23 heavy (non-hydrogen) atoms. The molecule has 0 spiro atoms. The third-order valence-electron chi connectivity index (χ3n) is 3.48. The lowest BCUT2D eigenvalue weighted by molar-refractivity contribution is -0.125. The summed E-state index contributed by atoms with van der Waals surface area (Å²) in [6, 6.07) is 6.69. The van der Waals surface area contributed by atoms with Crippen LogP contribution >= 0.6 is 0 Å². The Kier molecular flexibility index (Phi) is 5.10. The van der Waals surface area contributed by atoms with Crippen molar-refractivity contribution in [3.8, 4) is 5.69 Å². The molecule has 0 saturated heterocycles. The van der Waals surface area contributed by atoms with E-state index in [1.807, 2.05) is 20.8 Å². The molecule has 7 heteroatoms. The predicted octanol–water partition coefficient (Wildman–Crippen LogP) is 1.73. The highest BCUT2D eigenvalue weighted by atomic mass is 16.5. The van der Waals surface area contributed by atoms with E-state index in [2.05, 4.69) is 15.4 Å². The molecule has 0 fully saturated rings. The molecular formula is C16H20N4O3. The number of nitrogens with one attached hydrogen (secondary N) is 1. The topological polar surface area (TPSA) is 86.1 Å². The average molecular weight is 316 g/mol. The lowest BCUT2D eigenvalue weighted by atomic mass is 10.0. The van der Waals surface area contributed by atoms with Gasteiger partial charge in [-0.3, -0.25) is 4.79 Å². The van der Waals surface area contributed by atoms with Crippen LogP contribution in [0.1, 0.15) is 37.6 Å². The Morgan fingerprint density at radius 3 is 2.52 bits per heavy atom. The van der Waals surface area contributed by atoms with Gasteiger partial charge in [0.15, 0.2) is 6.61 Å². The van der Waals surface area contributed by atoms with Gasteiger partial charge in [0, 0.05) is 5.54 Å². The number of carbonyl (C=O) groups is 2. The summed E-state index contributed by atoms with van der Waals surface area (Å²) in [6.45, 7) is 5.50. The van der Waals surface area contributed by atoms with E-state index < -0.39 is 5.97 Å². The van der Waals surface area contributed by atoms with Crippen molar-refractivity contribution in [1.82, 2.24) is 20.1 Å². The van der Waals surface area contributed by atoms with Gasteiger partial charge in [-0.25, -0.2) is 14.5 Å². The molecule has 122 valence electrons. The van der Waals surface area contributed by atoms with Gasteiger partial charge < -0.3 is 10.1 Å². The largest absolute Gasteiger partial charge is 0.452 e. The first-order chi connectivity index (χ1) is 10.9. The quantitative estimate of drug-likeness (QED) is 0.820. The van der Waals surface area contributed by atoms with E-state index in [-0.39, 0.29) is 18.1 Å². The molecule has 0 saturated carbocycles. The van der Waals surface area contributed by atoms with Crippen LogP contribution in [0.25, 0.3) is 5.69 Å². The second-order valence-electron chi connectivity index (χ2n) is 5.75. The van der Waals surface area contributed by atoms with Crippen LogP contribution in [0.2, 0.25) is 0 Å². The van der Waals surface area contributed by atoms with E-state index in [9.17, 15) is 9.59 Å². The lowest BCUT2D eigenvalue weighted by Crippen LogP contribution is -2.44. The van der Waals surface area contributed by atoms with Crippen LogP contribution in [0.3, 0.4) is 0 Å². The van der Waals surface area contributed by atoms with Gasteiger partial charge in [0.05, 0.1) is 11.3 Å². The lowest BCUT2D eigenvalue weighted by Gasteiger charge is -2.24. The smallest absolute Gasteiger partial charge is 0.338 e. The fraction of sp³-hybridized carbons (Fsp3) is 0.375. The summed E-state index contributed by atoms with van der Waals surface area (Å²) in [7, 11) is 0. The Labute approximate surface area is 134 Å². The predicted molar refractivity (Wildman–Crippen MR) is 84.2 cm³/mol. The Morgan fingerprint density at radius 2 is 1.96 bits per heavy atom. The van der Waals surface area contributed by atoms with E-state index in [4.69, 9.17) is 4.74 Å². The summed E-state index contributed by atoms with van der Waals surface area (Å²) < 4.78 is 6.60. The third kappa shape index (κ3) is 4.64. The van der Waals surface area contributed by atoms with Crippen LogP contribution in [0.5, 0.6) is 0 Å². The first kappa shape index (κ1) is 16.7. The molecule has 0 aliphatic carbocycles. The summed E-state index contributed by atoms with van der Waals surface area (Å²) >= 11 is 0. The molecule has 0 unspecified atom stereocenters. The minimum atomic E-state index is -0.542. The van der Waals surface area contributed by atoms with E-state index in [0.717, 1.165) is 12.1 Å². The minimum Gasteiger partial charge on any atom is -0.452 e. The van der Waals surface area contributed by atoms with Crippen molar-refractivity contribution >= 4 is 11.9 Å². The van der Waals surface area contributed by atoms with Crippen molar-refractivity contribution in [3.63, 3.8) is 0 Å². The fourth-order valence-corrected chi connectivity index (χ4v) is 1.81. The minimum absolute atomic E-state index is 0.299. The normalized spacial score (nSPS) is 11.1. The number of hydrogen-bond acceptors (Lipinski definition) is 5. The van der Waals surface area contributed by atoms with Gasteiger partial charge in [-0.2, -0.15) is 5.10 Å². The maximum atomic E-state index is 11.9. The van der Waals surface area contributed by atoms with Gasteiger partial charge in [-0.1, -0.05) is 6.92 Å². The number of carbonyl (C=O) groups excluding carboxylic acids is 2. The molecular weight excluding hydrogens is 296 g/mol. The number of benzene rings is 1. The summed E-state index contributed by atoms with van der Waals surface area (Å²) in [4.78, 5) is 27.6. The Morgan fingerprint density at radius 1 is 1.26 bits per heavy atom. The van der Waals surface area contributed by atoms with Crippen LogP contribution in [0, 0.1) is 0 Å². The maximum absolute atomic E-state index is 11.9. The highest BCUT2D eigenvalue weighted by Crippen LogP contribution is 2.10. The number of rotatable bonds is 6. The monoisotopic (exact) mass is 316 g/mol. The van der Waals surface area contributed by atoms with E-state index in [0.29, 0.717) is 5.56 Å². The first-order valence-electron chi connectivity index (χ1n) is 7.34. The van der Waals surface area contributed by atoms with Gasteiger partial charge in [-0.15, -0.1) is 0 Å². The second-order valence-corrected chi connectivity index (χ2v) is 5.75. The molecule has 0 bridgehead atoms. The molecule has 7 nitrogen and oxygen atoms in total. The summed E-state index contributed by atoms with van der Waals surface area (Å²) in [5.74, 6) is -0.857. The third-order valence-corrected chi connectivity index (χ3v) is 3.48. The fourth-order valence-electron chi connectivity index (χ4n) is 1.81. The van der Waals surface area contributed by atoms with Crippen LogP contribution in [-0.4, -0.2) is 38.8 Å². The summed E-state index contributed by atoms with van der Waals surface area (Å²) in [6.07, 6.45) is 3.78. The number of nitrogens with zero attached hydrogens (tertiary/aromatic N) is 3.